The van der Waals surface area contributed by atoms with E-state index in [9.17, 15) is 22.4 Å². The summed E-state index contributed by atoms with van der Waals surface area (Å²) in [6.45, 7) is 1.95. The van der Waals surface area contributed by atoms with Gasteiger partial charge >= 0.3 is 6.18 Å². The highest BCUT2D eigenvalue weighted by Crippen LogP contribution is 2.38. The Labute approximate surface area is 172 Å². The van der Waals surface area contributed by atoms with Crippen LogP contribution in [0.5, 0.6) is 0 Å². The van der Waals surface area contributed by atoms with E-state index < -0.39 is 34.5 Å². The lowest BCUT2D eigenvalue weighted by Gasteiger charge is -2.33. The second-order valence-corrected chi connectivity index (χ2v) is 7.15. The summed E-state index contributed by atoms with van der Waals surface area (Å²) in [6, 6.07) is 2.72. The highest BCUT2D eigenvalue weighted by Gasteiger charge is 2.37. The third-order valence-corrected chi connectivity index (χ3v) is 5.41. The summed E-state index contributed by atoms with van der Waals surface area (Å²) in [7, 11) is 0. The molecule has 11 heteroatoms. The molecule has 0 unspecified atom stereocenters. The monoisotopic (exact) mass is 439 g/mol. The molecule has 1 aliphatic rings. The van der Waals surface area contributed by atoms with Crippen molar-refractivity contribution in [3.63, 3.8) is 0 Å². The molecule has 1 aliphatic heterocycles. The first kappa shape index (κ1) is 20.3. The third kappa shape index (κ3) is 3.41. The van der Waals surface area contributed by atoms with E-state index in [2.05, 4.69) is 20.2 Å². The van der Waals surface area contributed by atoms with Crippen LogP contribution in [0.15, 0.2) is 30.6 Å². The van der Waals surface area contributed by atoms with E-state index in [-0.39, 0.29) is 17.9 Å². The van der Waals surface area contributed by atoms with Gasteiger partial charge in [0.25, 0.3) is 5.91 Å². The van der Waals surface area contributed by atoms with Crippen LogP contribution >= 0.6 is 11.6 Å². The maximum Gasteiger partial charge on any atom is 0.417 e. The van der Waals surface area contributed by atoms with Gasteiger partial charge in [0.15, 0.2) is 11.6 Å². The van der Waals surface area contributed by atoms with Crippen molar-refractivity contribution in [2.24, 2.45) is 0 Å². The maximum atomic E-state index is 13.1. The van der Waals surface area contributed by atoms with Crippen molar-refractivity contribution in [3.8, 4) is 11.5 Å². The molecule has 4 rings (SSSR count). The topological polar surface area (TPSA) is 74.8 Å². The van der Waals surface area contributed by atoms with Crippen LogP contribution in [0.25, 0.3) is 11.5 Å². The van der Waals surface area contributed by atoms with E-state index in [0.717, 1.165) is 30.1 Å². The van der Waals surface area contributed by atoms with Gasteiger partial charge in [0.05, 0.1) is 40.3 Å². The van der Waals surface area contributed by atoms with Crippen molar-refractivity contribution in [1.29, 1.82) is 0 Å². The molecule has 0 aliphatic carbocycles. The van der Waals surface area contributed by atoms with Crippen LogP contribution in [-0.4, -0.2) is 37.5 Å². The number of carbonyl (C=O) groups is 1. The number of amides is 1. The molecular weight excluding hydrogens is 426 g/mol. The van der Waals surface area contributed by atoms with Crippen LogP contribution in [0.3, 0.4) is 0 Å². The summed E-state index contributed by atoms with van der Waals surface area (Å²) in [5, 5.41) is 6.42. The Morgan fingerprint density at radius 2 is 1.97 bits per heavy atom. The van der Waals surface area contributed by atoms with E-state index in [1.54, 1.807) is 6.92 Å². The molecule has 1 N–H and O–H groups in total. The molecule has 0 fully saturated rings. The van der Waals surface area contributed by atoms with Crippen LogP contribution in [0.1, 0.15) is 40.1 Å². The zero-order valence-corrected chi connectivity index (χ0v) is 16.2. The fourth-order valence-electron chi connectivity index (χ4n) is 3.53. The number of fused-ring (bicyclic) bond motifs is 1. The number of halogens is 5. The molecule has 0 spiro atoms. The molecule has 2 aromatic heterocycles. The number of carbonyl (C=O) groups excluding carboxylic acids is 1. The van der Waals surface area contributed by atoms with E-state index in [1.165, 1.54) is 11.0 Å². The van der Waals surface area contributed by atoms with Gasteiger partial charge < -0.3 is 4.90 Å². The van der Waals surface area contributed by atoms with Crippen LogP contribution in [-0.2, 0) is 12.6 Å². The Morgan fingerprint density at radius 3 is 2.63 bits per heavy atom. The molecule has 0 radical (unpaired) electrons. The Kier molecular flexibility index (Phi) is 4.97. The summed E-state index contributed by atoms with van der Waals surface area (Å²) in [5.41, 5.74) is 0.547. The molecule has 156 valence electrons. The van der Waals surface area contributed by atoms with Gasteiger partial charge in [-0.1, -0.05) is 17.7 Å². The molecule has 1 amide bonds. The van der Waals surface area contributed by atoms with E-state index in [1.807, 2.05) is 0 Å². The van der Waals surface area contributed by atoms with Gasteiger partial charge in [0.2, 0.25) is 0 Å². The van der Waals surface area contributed by atoms with Crippen molar-refractivity contribution in [2.45, 2.75) is 25.6 Å². The SMILES string of the molecule is C[C@H]1c2n[nH]c(-c3ncc(F)cn3)c2CCN1C(=O)c1cccc(C(F)(F)F)c1Cl. The fraction of sp³-hybridized carbons (Fsp3) is 0.263. The van der Waals surface area contributed by atoms with Crippen molar-refractivity contribution >= 4 is 17.5 Å². The molecule has 6 nitrogen and oxygen atoms in total. The van der Waals surface area contributed by atoms with Crippen molar-refractivity contribution in [1.82, 2.24) is 25.1 Å². The number of benzene rings is 1. The summed E-state index contributed by atoms with van der Waals surface area (Å²) in [5.74, 6) is -0.930. The Morgan fingerprint density at radius 1 is 1.27 bits per heavy atom. The molecule has 0 saturated carbocycles. The number of hydrogen-bond acceptors (Lipinski definition) is 4. The first-order chi connectivity index (χ1) is 14.2. The summed E-state index contributed by atoms with van der Waals surface area (Å²) in [4.78, 5) is 22.3. The number of nitrogens with one attached hydrogen (secondary N) is 1. The number of nitrogens with zero attached hydrogens (tertiary/aromatic N) is 4. The Bertz CT molecular complexity index is 1110. The quantitative estimate of drug-likeness (QED) is 0.599. The Hall–Kier alpha value is -3.01. The number of aromatic nitrogens is 4. The van der Waals surface area contributed by atoms with Gasteiger partial charge in [-0.2, -0.15) is 18.3 Å². The highest BCUT2D eigenvalue weighted by molar-refractivity contribution is 6.34. The lowest BCUT2D eigenvalue weighted by Crippen LogP contribution is -2.39. The van der Waals surface area contributed by atoms with E-state index >= 15 is 0 Å². The van der Waals surface area contributed by atoms with Crippen molar-refractivity contribution in [3.05, 3.63) is 63.8 Å². The lowest BCUT2D eigenvalue weighted by atomic mass is 9.97. The molecule has 3 aromatic rings. The molecule has 1 aromatic carbocycles. The minimum Gasteiger partial charge on any atom is -0.330 e. The van der Waals surface area contributed by atoms with Crippen LogP contribution in [0, 0.1) is 5.82 Å². The van der Waals surface area contributed by atoms with Crippen LogP contribution in [0.4, 0.5) is 17.6 Å². The summed E-state index contributed by atoms with van der Waals surface area (Å²) in [6.07, 6.45) is -2.23. The summed E-state index contributed by atoms with van der Waals surface area (Å²) < 4.78 is 52.5. The lowest BCUT2D eigenvalue weighted by molar-refractivity contribution is -0.137. The molecule has 0 saturated heterocycles. The summed E-state index contributed by atoms with van der Waals surface area (Å²) >= 11 is 5.92. The zero-order chi connectivity index (χ0) is 21.6. The Balaban J connectivity index is 1.66. The number of aromatic amines is 1. The molecule has 30 heavy (non-hydrogen) atoms. The minimum atomic E-state index is -4.67. The predicted molar refractivity (Wildman–Crippen MR) is 99.2 cm³/mol. The standard InChI is InChI=1S/C19H14ClF4N5O/c1-9-15-12(16(28-27-15)17-25-7-10(21)8-26-17)5-6-29(9)18(30)11-3-2-4-13(14(11)20)19(22,23)24/h2-4,7-9H,5-6H2,1H3,(H,27,28)/t9-/m0/s1. The van der Waals surface area contributed by atoms with E-state index in [0.29, 0.717) is 17.8 Å². The highest BCUT2D eigenvalue weighted by atomic mass is 35.5. The van der Waals surface area contributed by atoms with Gasteiger partial charge in [-0.05, 0) is 25.5 Å². The first-order valence-electron chi connectivity index (χ1n) is 8.90. The molecule has 3 heterocycles. The number of alkyl halides is 3. The second kappa shape index (κ2) is 7.35. The second-order valence-electron chi connectivity index (χ2n) is 6.78. The number of hydrogen-bond donors (Lipinski definition) is 1. The minimum absolute atomic E-state index is 0.223. The third-order valence-electron chi connectivity index (χ3n) is 5.00. The van der Waals surface area contributed by atoms with Crippen molar-refractivity contribution in [2.75, 3.05) is 6.54 Å². The first-order valence-corrected chi connectivity index (χ1v) is 9.28. The smallest absolute Gasteiger partial charge is 0.330 e. The molecule has 1 atom stereocenters. The van der Waals surface area contributed by atoms with Crippen LogP contribution < -0.4 is 0 Å². The molecule has 0 bridgehead atoms. The van der Waals surface area contributed by atoms with Gasteiger partial charge in [0, 0.05) is 12.1 Å². The maximum absolute atomic E-state index is 13.1. The number of rotatable bonds is 2. The van der Waals surface area contributed by atoms with E-state index in [4.69, 9.17) is 11.6 Å². The predicted octanol–water partition coefficient (Wildman–Crippen LogP) is 4.44. The van der Waals surface area contributed by atoms with Gasteiger partial charge in [-0.25, -0.2) is 14.4 Å². The normalized spacial score (nSPS) is 16.5. The molecular formula is C19H14ClF4N5O. The van der Waals surface area contributed by atoms with Gasteiger partial charge in [-0.3, -0.25) is 9.89 Å². The fourth-order valence-corrected chi connectivity index (χ4v) is 3.84. The van der Waals surface area contributed by atoms with Crippen LogP contribution in [0.2, 0.25) is 5.02 Å². The van der Waals surface area contributed by atoms with Crippen molar-refractivity contribution < 1.29 is 22.4 Å². The van der Waals surface area contributed by atoms with Gasteiger partial charge in [-0.15, -0.1) is 0 Å². The zero-order valence-electron chi connectivity index (χ0n) is 15.5. The largest absolute Gasteiger partial charge is 0.417 e. The number of H-pyrrole nitrogens is 1. The average Bonchev–Trinajstić information content (AvgIpc) is 3.13. The van der Waals surface area contributed by atoms with Gasteiger partial charge in [0.1, 0.15) is 5.69 Å². The average molecular weight is 440 g/mol.